The minimum Gasteiger partial charge on any atom is -0.331 e. The highest BCUT2D eigenvalue weighted by Gasteiger charge is 2.12. The van der Waals surface area contributed by atoms with E-state index in [1.165, 1.54) is 16.5 Å². The topological polar surface area (TPSA) is 53.2 Å². The lowest BCUT2D eigenvalue weighted by Gasteiger charge is -2.17. The lowest BCUT2D eigenvalue weighted by Crippen LogP contribution is -2.31. The van der Waals surface area contributed by atoms with Gasteiger partial charge in [0.2, 0.25) is 0 Å². The van der Waals surface area contributed by atoms with Gasteiger partial charge < -0.3 is 16.0 Å². The van der Waals surface area contributed by atoms with Gasteiger partial charge in [0, 0.05) is 18.8 Å². The standard InChI is InChI=1S/C27H27N3O/c1-20(25-13-7-11-23-10-5-6-12-26(23)25)29-27(31)30-24-16-14-22(15-17-24)19-28-18-21-8-3-2-4-9-21/h2-17,20,28H,18-19H2,1H3,(H2,29,30,31). The molecular weight excluding hydrogens is 382 g/mol. The van der Waals surface area contributed by atoms with Crippen LogP contribution in [-0.2, 0) is 13.1 Å². The van der Waals surface area contributed by atoms with E-state index in [1.807, 2.05) is 67.6 Å². The number of amides is 2. The summed E-state index contributed by atoms with van der Waals surface area (Å²) in [6, 6.07) is 32.3. The fraction of sp³-hybridized carbons (Fsp3) is 0.148. The first-order chi connectivity index (χ1) is 15.2. The predicted molar refractivity (Wildman–Crippen MR) is 128 cm³/mol. The molecule has 4 heteroatoms. The first kappa shape index (κ1) is 20.6. The highest BCUT2D eigenvalue weighted by atomic mass is 16.2. The fourth-order valence-electron chi connectivity index (χ4n) is 3.72. The number of urea groups is 1. The number of carbonyl (C=O) groups excluding carboxylic acids is 1. The molecule has 4 aromatic rings. The van der Waals surface area contributed by atoms with E-state index < -0.39 is 0 Å². The maximum Gasteiger partial charge on any atom is 0.319 e. The normalized spacial score (nSPS) is 11.8. The summed E-state index contributed by atoms with van der Waals surface area (Å²) in [5, 5.41) is 11.7. The first-order valence-electron chi connectivity index (χ1n) is 10.6. The Morgan fingerprint density at radius 2 is 1.39 bits per heavy atom. The Labute approximate surface area is 183 Å². The molecule has 0 saturated heterocycles. The maximum atomic E-state index is 12.5. The van der Waals surface area contributed by atoms with Crippen molar-refractivity contribution in [2.75, 3.05) is 5.32 Å². The van der Waals surface area contributed by atoms with Crippen molar-refractivity contribution in [2.24, 2.45) is 0 Å². The molecule has 1 atom stereocenters. The Kier molecular flexibility index (Phi) is 6.60. The zero-order valence-electron chi connectivity index (χ0n) is 17.6. The van der Waals surface area contributed by atoms with E-state index in [0.717, 1.165) is 29.7 Å². The van der Waals surface area contributed by atoms with Crippen LogP contribution in [0, 0.1) is 0 Å². The lowest BCUT2D eigenvalue weighted by atomic mass is 10.00. The van der Waals surface area contributed by atoms with E-state index in [-0.39, 0.29) is 12.1 Å². The number of anilines is 1. The molecule has 0 fully saturated rings. The van der Waals surface area contributed by atoms with Gasteiger partial charge in [0.15, 0.2) is 0 Å². The zero-order valence-corrected chi connectivity index (χ0v) is 17.6. The summed E-state index contributed by atoms with van der Waals surface area (Å²) in [7, 11) is 0. The van der Waals surface area contributed by atoms with Gasteiger partial charge in [-0.2, -0.15) is 0 Å². The van der Waals surface area contributed by atoms with Crippen molar-refractivity contribution in [2.45, 2.75) is 26.1 Å². The molecule has 0 aromatic heterocycles. The number of rotatable bonds is 7. The van der Waals surface area contributed by atoms with E-state index in [0.29, 0.717) is 0 Å². The SMILES string of the molecule is CC(NC(=O)Nc1ccc(CNCc2ccccc2)cc1)c1cccc2ccccc12. The van der Waals surface area contributed by atoms with Crippen LogP contribution in [0.5, 0.6) is 0 Å². The summed E-state index contributed by atoms with van der Waals surface area (Å²) in [6.45, 7) is 3.61. The summed E-state index contributed by atoms with van der Waals surface area (Å²) in [5.41, 5.74) is 4.31. The first-order valence-corrected chi connectivity index (χ1v) is 10.6. The summed E-state index contributed by atoms with van der Waals surface area (Å²) in [6.07, 6.45) is 0. The van der Waals surface area contributed by atoms with Crippen LogP contribution < -0.4 is 16.0 Å². The third-order valence-electron chi connectivity index (χ3n) is 5.35. The van der Waals surface area contributed by atoms with Crippen molar-refractivity contribution in [1.82, 2.24) is 10.6 Å². The molecule has 3 N–H and O–H groups in total. The molecule has 2 amide bonds. The van der Waals surface area contributed by atoms with Gasteiger partial charge in [-0.05, 0) is 46.5 Å². The Balaban J connectivity index is 1.30. The molecule has 0 aliphatic heterocycles. The van der Waals surface area contributed by atoms with Crippen LogP contribution in [0.1, 0.15) is 29.7 Å². The molecular formula is C27H27N3O. The van der Waals surface area contributed by atoms with Gasteiger partial charge in [0.1, 0.15) is 0 Å². The highest BCUT2D eigenvalue weighted by Crippen LogP contribution is 2.24. The third-order valence-corrected chi connectivity index (χ3v) is 5.35. The van der Waals surface area contributed by atoms with Crippen LogP contribution in [-0.4, -0.2) is 6.03 Å². The van der Waals surface area contributed by atoms with Gasteiger partial charge in [-0.3, -0.25) is 0 Å². The number of carbonyl (C=O) groups is 1. The second-order valence-corrected chi connectivity index (χ2v) is 7.67. The smallest absolute Gasteiger partial charge is 0.319 e. The Hall–Kier alpha value is -3.63. The van der Waals surface area contributed by atoms with Crippen LogP contribution >= 0.6 is 0 Å². The molecule has 0 saturated carbocycles. The van der Waals surface area contributed by atoms with Crippen molar-refractivity contribution in [1.29, 1.82) is 0 Å². The predicted octanol–water partition coefficient (Wildman–Crippen LogP) is 6.01. The van der Waals surface area contributed by atoms with Crippen molar-refractivity contribution in [3.8, 4) is 0 Å². The molecule has 156 valence electrons. The van der Waals surface area contributed by atoms with E-state index >= 15 is 0 Å². The molecule has 1 unspecified atom stereocenters. The Morgan fingerprint density at radius 1 is 0.742 bits per heavy atom. The minimum atomic E-state index is -0.213. The molecule has 0 aliphatic rings. The van der Waals surface area contributed by atoms with Gasteiger partial charge in [-0.25, -0.2) is 4.79 Å². The zero-order chi connectivity index (χ0) is 21.5. The quantitative estimate of drug-likeness (QED) is 0.350. The van der Waals surface area contributed by atoms with E-state index in [1.54, 1.807) is 0 Å². The molecule has 0 aliphatic carbocycles. The minimum absolute atomic E-state index is 0.104. The molecule has 4 aromatic carbocycles. The van der Waals surface area contributed by atoms with Gasteiger partial charge in [-0.15, -0.1) is 0 Å². The average Bonchev–Trinajstić information content (AvgIpc) is 2.80. The van der Waals surface area contributed by atoms with Gasteiger partial charge in [0.05, 0.1) is 6.04 Å². The maximum absolute atomic E-state index is 12.5. The van der Waals surface area contributed by atoms with E-state index in [2.05, 4.69) is 52.3 Å². The fourth-order valence-corrected chi connectivity index (χ4v) is 3.72. The molecule has 0 bridgehead atoms. The molecule has 4 nitrogen and oxygen atoms in total. The monoisotopic (exact) mass is 409 g/mol. The molecule has 31 heavy (non-hydrogen) atoms. The van der Waals surface area contributed by atoms with Gasteiger partial charge >= 0.3 is 6.03 Å². The number of benzene rings is 4. The number of fused-ring (bicyclic) bond motifs is 1. The molecule has 0 radical (unpaired) electrons. The summed E-state index contributed by atoms with van der Waals surface area (Å²) >= 11 is 0. The lowest BCUT2D eigenvalue weighted by molar-refractivity contribution is 0.249. The second-order valence-electron chi connectivity index (χ2n) is 7.67. The second kappa shape index (κ2) is 9.92. The highest BCUT2D eigenvalue weighted by molar-refractivity contribution is 5.91. The summed E-state index contributed by atoms with van der Waals surface area (Å²) in [5.74, 6) is 0. The van der Waals surface area contributed by atoms with Crippen LogP contribution in [0.15, 0.2) is 97.1 Å². The largest absolute Gasteiger partial charge is 0.331 e. The molecule has 0 spiro atoms. The van der Waals surface area contributed by atoms with E-state index in [4.69, 9.17) is 0 Å². The van der Waals surface area contributed by atoms with E-state index in [9.17, 15) is 4.79 Å². The Morgan fingerprint density at radius 3 is 2.16 bits per heavy atom. The average molecular weight is 410 g/mol. The van der Waals surface area contributed by atoms with Crippen LogP contribution in [0.3, 0.4) is 0 Å². The van der Waals surface area contributed by atoms with Gasteiger partial charge in [-0.1, -0.05) is 84.9 Å². The van der Waals surface area contributed by atoms with Crippen LogP contribution in [0.2, 0.25) is 0 Å². The summed E-state index contributed by atoms with van der Waals surface area (Å²) < 4.78 is 0. The third kappa shape index (κ3) is 5.50. The van der Waals surface area contributed by atoms with Crippen LogP contribution in [0.4, 0.5) is 10.5 Å². The molecule has 0 heterocycles. The number of hydrogen-bond donors (Lipinski definition) is 3. The Bertz CT molecular complexity index is 1130. The van der Waals surface area contributed by atoms with Crippen molar-refractivity contribution >= 4 is 22.5 Å². The van der Waals surface area contributed by atoms with Crippen molar-refractivity contribution in [3.05, 3.63) is 114 Å². The number of hydrogen-bond acceptors (Lipinski definition) is 2. The number of nitrogens with one attached hydrogen (secondary N) is 3. The molecule has 4 rings (SSSR count). The summed E-state index contributed by atoms with van der Waals surface area (Å²) in [4.78, 5) is 12.5. The van der Waals surface area contributed by atoms with Crippen LogP contribution in [0.25, 0.3) is 10.8 Å². The van der Waals surface area contributed by atoms with Gasteiger partial charge in [0.25, 0.3) is 0 Å². The van der Waals surface area contributed by atoms with Crippen molar-refractivity contribution < 1.29 is 4.79 Å². The van der Waals surface area contributed by atoms with Crippen molar-refractivity contribution in [3.63, 3.8) is 0 Å².